The zero-order valence-electron chi connectivity index (χ0n) is 14.6. The third-order valence-corrected chi connectivity index (χ3v) is 4.04. The van der Waals surface area contributed by atoms with E-state index in [0.29, 0.717) is 28.5 Å². The van der Waals surface area contributed by atoms with Gasteiger partial charge in [-0.2, -0.15) is 4.98 Å². The molecule has 0 atom stereocenters. The van der Waals surface area contributed by atoms with Crippen LogP contribution >= 0.6 is 0 Å². The molecule has 27 heavy (non-hydrogen) atoms. The number of hydrogen-bond acceptors (Lipinski definition) is 5. The number of para-hydroxylation sites is 1. The highest BCUT2D eigenvalue weighted by molar-refractivity contribution is 6.05. The number of carbonyl (C=O) groups excluding carboxylic acids is 1. The fourth-order valence-electron chi connectivity index (χ4n) is 2.61. The Balaban J connectivity index is 1.63. The van der Waals surface area contributed by atoms with Crippen molar-refractivity contribution < 1.29 is 9.32 Å². The van der Waals surface area contributed by atoms with E-state index in [4.69, 9.17) is 4.52 Å². The molecule has 0 aliphatic rings. The molecule has 2 aromatic heterocycles. The number of aromatic nitrogens is 3. The molecule has 1 amide bonds. The van der Waals surface area contributed by atoms with E-state index >= 15 is 0 Å². The molecule has 0 fully saturated rings. The van der Waals surface area contributed by atoms with Gasteiger partial charge >= 0.3 is 0 Å². The van der Waals surface area contributed by atoms with E-state index < -0.39 is 0 Å². The number of benzene rings is 2. The highest BCUT2D eigenvalue weighted by atomic mass is 16.5. The first-order chi connectivity index (χ1) is 13.2. The van der Waals surface area contributed by atoms with Crippen molar-refractivity contribution in [1.29, 1.82) is 0 Å². The van der Waals surface area contributed by atoms with Crippen molar-refractivity contribution in [1.82, 2.24) is 15.1 Å². The lowest BCUT2D eigenvalue weighted by atomic mass is 10.1. The minimum absolute atomic E-state index is 0.252. The lowest BCUT2D eigenvalue weighted by molar-refractivity contribution is 0.102. The molecule has 0 saturated carbocycles. The van der Waals surface area contributed by atoms with E-state index in [-0.39, 0.29) is 5.91 Å². The van der Waals surface area contributed by atoms with Crippen LogP contribution in [0.2, 0.25) is 0 Å². The van der Waals surface area contributed by atoms with Crippen LogP contribution in [0.1, 0.15) is 16.1 Å². The third-order valence-electron chi connectivity index (χ3n) is 4.04. The molecule has 6 nitrogen and oxygen atoms in total. The van der Waals surface area contributed by atoms with Crippen molar-refractivity contribution in [3.8, 4) is 22.8 Å². The van der Waals surface area contributed by atoms with E-state index in [9.17, 15) is 4.79 Å². The highest BCUT2D eigenvalue weighted by Crippen LogP contribution is 2.28. The van der Waals surface area contributed by atoms with Crippen LogP contribution in [0.25, 0.3) is 22.8 Å². The number of nitrogens with one attached hydrogen (secondary N) is 1. The largest absolute Gasteiger partial charge is 0.334 e. The van der Waals surface area contributed by atoms with Crippen LogP contribution in [0.15, 0.2) is 77.4 Å². The molecule has 1 N–H and O–H groups in total. The first-order valence-corrected chi connectivity index (χ1v) is 8.43. The van der Waals surface area contributed by atoms with Gasteiger partial charge in [-0.3, -0.25) is 9.78 Å². The molecule has 132 valence electrons. The summed E-state index contributed by atoms with van der Waals surface area (Å²) in [6.45, 7) is 1.87. The second kappa shape index (κ2) is 7.21. The summed E-state index contributed by atoms with van der Waals surface area (Å²) < 4.78 is 5.42. The van der Waals surface area contributed by atoms with Gasteiger partial charge in [0.1, 0.15) is 0 Å². The fraction of sp³-hybridized carbons (Fsp3) is 0.0476. The van der Waals surface area contributed by atoms with Crippen molar-refractivity contribution in [2.45, 2.75) is 6.92 Å². The molecule has 0 aliphatic heterocycles. The van der Waals surface area contributed by atoms with Gasteiger partial charge < -0.3 is 9.84 Å². The fourth-order valence-corrected chi connectivity index (χ4v) is 2.61. The van der Waals surface area contributed by atoms with Gasteiger partial charge in [-0.05, 0) is 31.2 Å². The van der Waals surface area contributed by atoms with E-state index in [0.717, 1.165) is 11.3 Å². The minimum Gasteiger partial charge on any atom is -0.334 e. The number of carbonyl (C=O) groups is 1. The smallest absolute Gasteiger partial charge is 0.260 e. The average Bonchev–Trinajstić information content (AvgIpc) is 3.19. The molecule has 0 unspecified atom stereocenters. The number of amides is 1. The lowest BCUT2D eigenvalue weighted by Crippen LogP contribution is -2.13. The van der Waals surface area contributed by atoms with Crippen LogP contribution in [0.3, 0.4) is 0 Å². The Morgan fingerprint density at radius 2 is 1.74 bits per heavy atom. The summed E-state index contributed by atoms with van der Waals surface area (Å²) in [5.41, 5.74) is 3.43. The second-order valence-corrected chi connectivity index (χ2v) is 5.98. The standard InChI is InChI=1S/C21H16N4O2/c1-14-11-12-16(13-22-14)20(26)23-18-10-6-5-9-17(18)21-24-19(25-27-21)15-7-3-2-4-8-15/h2-13H,1H3,(H,23,26). The van der Waals surface area contributed by atoms with E-state index in [1.54, 1.807) is 24.4 Å². The molecule has 0 spiro atoms. The summed E-state index contributed by atoms with van der Waals surface area (Å²) in [4.78, 5) is 21.1. The van der Waals surface area contributed by atoms with Crippen molar-refractivity contribution in [3.63, 3.8) is 0 Å². The van der Waals surface area contributed by atoms with Gasteiger partial charge in [-0.15, -0.1) is 0 Å². The number of pyridine rings is 1. The zero-order valence-corrected chi connectivity index (χ0v) is 14.6. The zero-order chi connectivity index (χ0) is 18.6. The molecule has 0 bridgehead atoms. The van der Waals surface area contributed by atoms with Crippen molar-refractivity contribution in [3.05, 3.63) is 84.2 Å². The summed E-state index contributed by atoms with van der Waals surface area (Å²) in [6.07, 6.45) is 1.55. The molecule has 0 saturated heterocycles. The first kappa shape index (κ1) is 16.7. The normalized spacial score (nSPS) is 10.6. The number of rotatable bonds is 4. The van der Waals surface area contributed by atoms with Crippen LogP contribution in [0.4, 0.5) is 5.69 Å². The van der Waals surface area contributed by atoms with Crippen molar-refractivity contribution in [2.24, 2.45) is 0 Å². The van der Waals surface area contributed by atoms with Crippen LogP contribution in [-0.4, -0.2) is 21.0 Å². The molecule has 2 heterocycles. The summed E-state index contributed by atoms with van der Waals surface area (Å²) >= 11 is 0. The monoisotopic (exact) mass is 356 g/mol. The van der Waals surface area contributed by atoms with Crippen LogP contribution in [0, 0.1) is 6.92 Å². The highest BCUT2D eigenvalue weighted by Gasteiger charge is 2.16. The Hall–Kier alpha value is -3.80. The topological polar surface area (TPSA) is 80.9 Å². The van der Waals surface area contributed by atoms with Gasteiger partial charge in [0.2, 0.25) is 5.82 Å². The molecule has 0 radical (unpaired) electrons. The van der Waals surface area contributed by atoms with Gasteiger partial charge in [0.15, 0.2) is 0 Å². The van der Waals surface area contributed by atoms with Crippen molar-refractivity contribution >= 4 is 11.6 Å². The molecular formula is C21H16N4O2. The summed E-state index contributed by atoms with van der Waals surface area (Å²) in [6, 6.07) is 20.4. The molecule has 2 aromatic carbocycles. The maximum absolute atomic E-state index is 12.5. The van der Waals surface area contributed by atoms with E-state index in [2.05, 4.69) is 20.4 Å². The summed E-state index contributed by atoms with van der Waals surface area (Å²) in [7, 11) is 0. The van der Waals surface area contributed by atoms with E-state index in [1.807, 2.05) is 55.5 Å². The summed E-state index contributed by atoms with van der Waals surface area (Å²) in [5.74, 6) is 0.582. The Kier molecular flexibility index (Phi) is 4.45. The predicted molar refractivity (Wildman–Crippen MR) is 102 cm³/mol. The molecule has 4 aromatic rings. The molecule has 4 rings (SSSR count). The van der Waals surface area contributed by atoms with Gasteiger partial charge in [0.05, 0.1) is 16.8 Å². The third kappa shape index (κ3) is 3.59. The molecule has 6 heteroatoms. The molecule has 0 aliphatic carbocycles. The minimum atomic E-state index is -0.252. The second-order valence-electron chi connectivity index (χ2n) is 5.98. The quantitative estimate of drug-likeness (QED) is 0.587. The maximum Gasteiger partial charge on any atom is 0.260 e. The number of anilines is 1. The predicted octanol–water partition coefficient (Wildman–Crippen LogP) is 4.36. The average molecular weight is 356 g/mol. The SMILES string of the molecule is Cc1ccc(C(=O)Nc2ccccc2-c2nc(-c3ccccc3)no2)cn1. The van der Waals surface area contributed by atoms with Gasteiger partial charge in [-0.25, -0.2) is 0 Å². The Labute approximate surface area is 155 Å². The van der Waals surface area contributed by atoms with Gasteiger partial charge in [-0.1, -0.05) is 47.6 Å². The van der Waals surface area contributed by atoms with Crippen LogP contribution in [0.5, 0.6) is 0 Å². The van der Waals surface area contributed by atoms with Crippen LogP contribution < -0.4 is 5.32 Å². The number of nitrogens with zero attached hydrogens (tertiary/aromatic N) is 3. The molecular weight excluding hydrogens is 340 g/mol. The Morgan fingerprint density at radius 1 is 0.963 bits per heavy atom. The first-order valence-electron chi connectivity index (χ1n) is 8.43. The van der Waals surface area contributed by atoms with Crippen molar-refractivity contribution in [2.75, 3.05) is 5.32 Å². The Bertz CT molecular complexity index is 1070. The maximum atomic E-state index is 12.5. The van der Waals surface area contributed by atoms with Gasteiger partial charge in [0, 0.05) is 17.5 Å². The number of aryl methyl sites for hydroxylation is 1. The lowest BCUT2D eigenvalue weighted by Gasteiger charge is -2.08. The van der Waals surface area contributed by atoms with E-state index in [1.165, 1.54) is 0 Å². The van der Waals surface area contributed by atoms with Gasteiger partial charge in [0.25, 0.3) is 11.8 Å². The van der Waals surface area contributed by atoms with Crippen LogP contribution in [-0.2, 0) is 0 Å². The Morgan fingerprint density at radius 3 is 2.52 bits per heavy atom. The summed E-state index contributed by atoms with van der Waals surface area (Å²) in [5, 5.41) is 6.93. The number of hydrogen-bond donors (Lipinski definition) is 1.